The molecule has 35 heavy (non-hydrogen) atoms. The fourth-order valence-corrected chi connectivity index (χ4v) is 5.28. The number of aliphatic hydroxyl groups is 1. The molecule has 0 unspecified atom stereocenters. The van der Waals surface area contributed by atoms with Crippen molar-refractivity contribution in [2.24, 2.45) is 5.41 Å². The molecule has 7 heteroatoms. The molecular formula is C28H40N4O3. The predicted molar refractivity (Wildman–Crippen MR) is 136 cm³/mol. The molecule has 2 aliphatic rings. The van der Waals surface area contributed by atoms with Crippen molar-refractivity contribution in [3.63, 3.8) is 0 Å². The van der Waals surface area contributed by atoms with Crippen molar-refractivity contribution in [1.82, 2.24) is 20.6 Å². The van der Waals surface area contributed by atoms with E-state index in [1.165, 1.54) is 18.9 Å². The molecule has 1 amide bonds. The van der Waals surface area contributed by atoms with Gasteiger partial charge < -0.3 is 20.5 Å². The van der Waals surface area contributed by atoms with Gasteiger partial charge in [-0.2, -0.15) is 0 Å². The average molecular weight is 481 g/mol. The topological polar surface area (TPSA) is 96.4 Å². The number of carbonyl (C=O) groups is 1. The lowest BCUT2D eigenvalue weighted by Gasteiger charge is -2.47. The van der Waals surface area contributed by atoms with E-state index < -0.39 is 12.1 Å². The highest BCUT2D eigenvalue weighted by molar-refractivity contribution is 5.73. The molecule has 0 aromatic carbocycles. The van der Waals surface area contributed by atoms with Gasteiger partial charge in [-0.3, -0.25) is 9.78 Å². The Balaban J connectivity index is 1.50. The van der Waals surface area contributed by atoms with Gasteiger partial charge in [0.15, 0.2) is 0 Å². The maximum atomic E-state index is 11.9. The number of hydrogen-bond acceptors (Lipinski definition) is 6. The first-order valence-corrected chi connectivity index (χ1v) is 12.8. The van der Waals surface area contributed by atoms with Crippen molar-refractivity contribution in [3.8, 4) is 5.88 Å². The summed E-state index contributed by atoms with van der Waals surface area (Å²) in [5.74, 6) is 0.562. The first-order chi connectivity index (χ1) is 16.5. The zero-order valence-corrected chi connectivity index (χ0v) is 21.7. The summed E-state index contributed by atoms with van der Waals surface area (Å²) in [7, 11) is 0. The highest BCUT2D eigenvalue weighted by Gasteiger charge is 2.46. The Labute approximate surface area is 209 Å². The van der Waals surface area contributed by atoms with Crippen LogP contribution in [0.5, 0.6) is 5.88 Å². The number of aliphatic hydroxyl groups excluding tert-OH is 1. The lowest BCUT2D eigenvalue weighted by atomic mass is 9.73. The predicted octanol–water partition coefficient (Wildman–Crippen LogP) is 3.82. The average Bonchev–Trinajstić information content (AvgIpc) is 2.74. The number of pyridine rings is 2. The zero-order chi connectivity index (χ0) is 25.2. The third kappa shape index (κ3) is 6.58. The van der Waals surface area contributed by atoms with Gasteiger partial charge in [-0.1, -0.05) is 20.8 Å². The molecule has 2 aromatic rings. The van der Waals surface area contributed by atoms with Crippen LogP contribution in [0, 0.1) is 12.3 Å². The van der Waals surface area contributed by atoms with Crippen LogP contribution in [0.25, 0.3) is 0 Å². The molecule has 3 atom stereocenters. The molecule has 4 rings (SSSR count). The number of nitrogens with zero attached hydrogens (tertiary/aromatic N) is 2. The van der Waals surface area contributed by atoms with E-state index in [1.54, 1.807) is 6.20 Å². The monoisotopic (exact) mass is 480 g/mol. The van der Waals surface area contributed by atoms with Gasteiger partial charge in [0.1, 0.15) is 5.60 Å². The second-order valence-corrected chi connectivity index (χ2v) is 11.7. The molecular weight excluding hydrogens is 440 g/mol. The Hall–Kier alpha value is -2.51. The van der Waals surface area contributed by atoms with Crippen LogP contribution < -0.4 is 15.4 Å². The molecule has 0 bridgehead atoms. The van der Waals surface area contributed by atoms with Gasteiger partial charge in [-0.25, -0.2) is 4.98 Å². The summed E-state index contributed by atoms with van der Waals surface area (Å²) < 4.78 is 6.39. The quantitative estimate of drug-likeness (QED) is 0.532. The van der Waals surface area contributed by atoms with Crippen LogP contribution in [-0.4, -0.2) is 45.3 Å². The molecule has 1 saturated carbocycles. The Bertz CT molecular complexity index is 1040. The molecule has 1 aliphatic carbocycles. The fourth-order valence-electron chi connectivity index (χ4n) is 5.28. The second-order valence-electron chi connectivity index (χ2n) is 11.7. The second kappa shape index (κ2) is 10.2. The first kappa shape index (κ1) is 25.6. The lowest BCUT2D eigenvalue weighted by molar-refractivity contribution is -0.120. The largest absolute Gasteiger partial charge is 0.471 e. The Morgan fingerprint density at radius 3 is 2.66 bits per heavy atom. The van der Waals surface area contributed by atoms with E-state index in [2.05, 4.69) is 42.5 Å². The highest BCUT2D eigenvalue weighted by Crippen LogP contribution is 2.48. The van der Waals surface area contributed by atoms with Gasteiger partial charge in [-0.15, -0.1) is 0 Å². The van der Waals surface area contributed by atoms with E-state index >= 15 is 0 Å². The van der Waals surface area contributed by atoms with Crippen molar-refractivity contribution in [2.45, 2.75) is 96.9 Å². The molecule has 190 valence electrons. The number of nitrogens with one attached hydrogen (secondary N) is 2. The first-order valence-electron chi connectivity index (χ1n) is 12.8. The summed E-state index contributed by atoms with van der Waals surface area (Å²) in [6.45, 7) is 10.5. The summed E-state index contributed by atoms with van der Waals surface area (Å²) in [5.41, 5.74) is 4.23. The van der Waals surface area contributed by atoms with Crippen molar-refractivity contribution in [2.75, 3.05) is 6.54 Å². The smallest absolute Gasteiger partial charge is 0.218 e. The van der Waals surface area contributed by atoms with Crippen molar-refractivity contribution in [1.29, 1.82) is 0 Å². The normalized spacial score (nSPS) is 20.3. The van der Waals surface area contributed by atoms with E-state index in [0.29, 0.717) is 18.8 Å². The standard InChI is InChI=1S/C28H40N4O3/c1-18-11-20(7-10-29-18)13-23(32-19(2)33)25(34)17-30-24-15-28(8-6-9-28)35-26-22(24)12-21(16-31-26)14-27(3,4)5/h7,10-12,16,23-25,30,34H,6,8-9,13-15,17H2,1-5H3,(H,32,33)/t23-,24-,25-/m0/s1. The SMILES string of the molecule is CC(=O)N[C@@H](Cc1ccnc(C)c1)[C@@H](O)CN[C@H]1CC2(CCC2)Oc2ncc(CC(C)(C)C)cc21. The van der Waals surface area contributed by atoms with Crippen LogP contribution in [0.4, 0.5) is 0 Å². The molecule has 7 nitrogen and oxygen atoms in total. The van der Waals surface area contributed by atoms with Crippen LogP contribution >= 0.6 is 0 Å². The van der Waals surface area contributed by atoms with Gasteiger partial charge in [-0.05, 0) is 73.8 Å². The van der Waals surface area contributed by atoms with Gasteiger partial charge in [0, 0.05) is 49.6 Å². The third-order valence-electron chi connectivity index (χ3n) is 7.04. The summed E-state index contributed by atoms with van der Waals surface area (Å²) in [4.78, 5) is 20.8. The highest BCUT2D eigenvalue weighted by atomic mass is 16.5. The molecule has 0 radical (unpaired) electrons. The minimum Gasteiger partial charge on any atom is -0.471 e. The van der Waals surface area contributed by atoms with Crippen LogP contribution in [0.2, 0.25) is 0 Å². The zero-order valence-electron chi connectivity index (χ0n) is 21.7. The number of aromatic nitrogens is 2. The Kier molecular flexibility index (Phi) is 7.48. The maximum absolute atomic E-state index is 11.9. The molecule has 1 fully saturated rings. The number of fused-ring (bicyclic) bond motifs is 1. The van der Waals surface area contributed by atoms with Gasteiger partial charge in [0.2, 0.25) is 11.8 Å². The summed E-state index contributed by atoms with van der Waals surface area (Å²) in [6.07, 6.45) is 8.53. The maximum Gasteiger partial charge on any atom is 0.218 e. The number of amides is 1. The summed E-state index contributed by atoms with van der Waals surface area (Å²) in [5, 5.41) is 17.7. The Morgan fingerprint density at radius 1 is 1.26 bits per heavy atom. The number of rotatable bonds is 8. The van der Waals surface area contributed by atoms with Crippen molar-refractivity contribution >= 4 is 5.91 Å². The van der Waals surface area contributed by atoms with E-state index in [9.17, 15) is 9.90 Å². The van der Waals surface area contributed by atoms with Crippen LogP contribution in [-0.2, 0) is 17.6 Å². The van der Waals surface area contributed by atoms with Crippen LogP contribution in [0.15, 0.2) is 30.6 Å². The number of carbonyl (C=O) groups excluding carboxylic acids is 1. The van der Waals surface area contributed by atoms with E-state index in [-0.39, 0.29) is 23.0 Å². The molecule has 3 N–H and O–H groups in total. The molecule has 1 aliphatic heterocycles. The molecule has 3 heterocycles. The molecule has 2 aromatic heterocycles. The van der Waals surface area contributed by atoms with Crippen LogP contribution in [0.3, 0.4) is 0 Å². The minimum absolute atomic E-state index is 0.0438. The Morgan fingerprint density at radius 2 is 2.03 bits per heavy atom. The van der Waals surface area contributed by atoms with Gasteiger partial charge in [0.05, 0.1) is 12.1 Å². The van der Waals surface area contributed by atoms with E-state index in [0.717, 1.165) is 42.5 Å². The minimum atomic E-state index is -0.748. The van der Waals surface area contributed by atoms with Gasteiger partial charge in [0.25, 0.3) is 0 Å². The molecule has 0 saturated heterocycles. The summed E-state index contributed by atoms with van der Waals surface area (Å²) >= 11 is 0. The molecule has 1 spiro atoms. The lowest BCUT2D eigenvalue weighted by Crippen LogP contribution is -2.52. The number of ether oxygens (including phenoxy) is 1. The summed E-state index contributed by atoms with van der Waals surface area (Å²) in [6, 6.07) is 5.78. The third-order valence-corrected chi connectivity index (χ3v) is 7.04. The van der Waals surface area contributed by atoms with E-state index in [1.807, 2.05) is 25.3 Å². The number of hydrogen-bond donors (Lipinski definition) is 3. The van der Waals surface area contributed by atoms with Gasteiger partial charge >= 0.3 is 0 Å². The van der Waals surface area contributed by atoms with Crippen LogP contribution in [0.1, 0.15) is 81.8 Å². The van der Waals surface area contributed by atoms with E-state index in [4.69, 9.17) is 9.72 Å². The fraction of sp³-hybridized carbons (Fsp3) is 0.607. The van der Waals surface area contributed by atoms with Crippen molar-refractivity contribution in [3.05, 3.63) is 53.0 Å². The number of aryl methyl sites for hydroxylation is 1. The van der Waals surface area contributed by atoms with Crippen molar-refractivity contribution < 1.29 is 14.6 Å².